The third-order valence-electron chi connectivity index (χ3n) is 20.7. The number of nitrogens with zero attached hydrogens (tertiary/aromatic N) is 3. The van der Waals surface area contributed by atoms with E-state index >= 15 is 4.79 Å². The minimum atomic E-state index is -0.610. The van der Waals surface area contributed by atoms with Crippen molar-refractivity contribution < 1.29 is 9.59 Å². The summed E-state index contributed by atoms with van der Waals surface area (Å²) in [7, 11) is 0. The number of amides is 2. The van der Waals surface area contributed by atoms with Crippen LogP contribution in [0.3, 0.4) is 0 Å². The summed E-state index contributed by atoms with van der Waals surface area (Å²) in [5.74, 6) is -0.288. The quantitative estimate of drug-likeness (QED) is 0.0593. The number of rotatable bonds is 80. The van der Waals surface area contributed by atoms with E-state index < -0.39 is 6.04 Å². The van der Waals surface area contributed by atoms with Gasteiger partial charge in [-0.2, -0.15) is 0 Å². The van der Waals surface area contributed by atoms with Crippen molar-refractivity contribution in [3.63, 3.8) is 0 Å². The monoisotopic (exact) mass is 1280 g/mol. The molecule has 91 heavy (non-hydrogen) atoms. The van der Waals surface area contributed by atoms with Crippen molar-refractivity contribution in [1.82, 2.24) is 20.0 Å². The maximum absolute atomic E-state index is 15.1. The van der Waals surface area contributed by atoms with E-state index in [9.17, 15) is 4.79 Å². The van der Waals surface area contributed by atoms with Crippen LogP contribution >= 0.6 is 0 Å². The van der Waals surface area contributed by atoms with Crippen LogP contribution < -0.4 is 11.1 Å². The lowest BCUT2D eigenvalue weighted by Gasteiger charge is -2.32. The largest absolute Gasteiger partial charge is 0.368 e. The van der Waals surface area contributed by atoms with Crippen LogP contribution in [0.1, 0.15) is 465 Å². The van der Waals surface area contributed by atoms with Gasteiger partial charge in [-0.25, -0.2) is 0 Å². The van der Waals surface area contributed by atoms with Crippen LogP contribution in [-0.2, 0) is 9.59 Å². The Morgan fingerprint density at radius 1 is 0.242 bits per heavy atom. The third kappa shape index (κ3) is 65.9. The molecule has 0 spiro atoms. The molecule has 2 atom stereocenters. The van der Waals surface area contributed by atoms with Gasteiger partial charge in [0.2, 0.25) is 11.8 Å². The Kier molecular flexibility index (Phi) is 75.2. The van der Waals surface area contributed by atoms with Gasteiger partial charge in [-0.05, 0) is 123 Å². The first-order chi connectivity index (χ1) is 44.9. The van der Waals surface area contributed by atoms with Gasteiger partial charge in [0.05, 0.1) is 6.04 Å². The number of unbranched alkanes of at least 4 members (excludes halogenated alkanes) is 56. The zero-order valence-corrected chi connectivity index (χ0v) is 63.7. The number of primary amides is 1. The molecule has 0 aliphatic heterocycles. The molecule has 0 heterocycles. The fraction of sp³-hybridized carbons (Fsp3) is 0.976. The fourth-order valence-electron chi connectivity index (χ4n) is 14.4. The van der Waals surface area contributed by atoms with E-state index in [1.807, 2.05) is 0 Å². The molecule has 544 valence electrons. The van der Waals surface area contributed by atoms with Crippen molar-refractivity contribution in [2.24, 2.45) is 5.73 Å². The van der Waals surface area contributed by atoms with Gasteiger partial charge >= 0.3 is 0 Å². The number of hydrogen-bond donors (Lipinski definition) is 2. The van der Waals surface area contributed by atoms with E-state index in [2.05, 4.69) is 61.6 Å². The average Bonchev–Trinajstić information content (AvgIpc) is 2.01. The standard InChI is InChI=1S/C84H171N5O2/c1-7-13-19-25-31-37-43-49-55-63-73-87(74-64-56-50-44-38-32-26-20-14-8-2)77-69-61-71-81(83(85)90)86-84(91)82(89(79-67-59-53-47-41-35-29-23-17-11-5)80-68-60-54-48-42-36-30-24-18-12-6)72-62-70-78-88(75-65-57-51-45-39-33-27-21-15-9-3)76-66-58-52-46-40-34-28-22-16-10-4/h81-82H,7-80H2,1-6H3,(H2,85,90)(H,86,91). The summed E-state index contributed by atoms with van der Waals surface area (Å²) in [6.45, 7) is 22.9. The van der Waals surface area contributed by atoms with Crippen LogP contribution in [0.5, 0.6) is 0 Å². The normalized spacial score (nSPS) is 12.6. The lowest BCUT2D eigenvalue weighted by Crippen LogP contribution is -2.53. The van der Waals surface area contributed by atoms with Crippen LogP contribution in [0.4, 0.5) is 0 Å². The Bertz CT molecular complexity index is 1320. The molecule has 0 aromatic heterocycles. The molecule has 0 saturated carbocycles. The van der Waals surface area contributed by atoms with Gasteiger partial charge in [0.1, 0.15) is 6.04 Å². The lowest BCUT2D eigenvalue weighted by atomic mass is 10.0. The van der Waals surface area contributed by atoms with E-state index in [0.29, 0.717) is 6.42 Å². The second-order valence-electron chi connectivity index (χ2n) is 29.8. The molecule has 7 heteroatoms. The van der Waals surface area contributed by atoms with Crippen LogP contribution in [0.15, 0.2) is 0 Å². The summed E-state index contributed by atoms with van der Waals surface area (Å²) < 4.78 is 0. The van der Waals surface area contributed by atoms with E-state index in [4.69, 9.17) is 5.73 Å². The maximum Gasteiger partial charge on any atom is 0.240 e. The summed E-state index contributed by atoms with van der Waals surface area (Å²) in [5.41, 5.74) is 6.30. The zero-order valence-electron chi connectivity index (χ0n) is 63.7. The number of carbonyl (C=O) groups excluding carboxylic acids is 2. The summed E-state index contributed by atoms with van der Waals surface area (Å²) >= 11 is 0. The Morgan fingerprint density at radius 2 is 0.418 bits per heavy atom. The first kappa shape index (κ1) is 89.8. The Hall–Kier alpha value is -1.18. The molecule has 0 aliphatic rings. The van der Waals surface area contributed by atoms with E-state index in [0.717, 1.165) is 71.1 Å². The molecular weight excluding hydrogens is 1110 g/mol. The number of carbonyl (C=O) groups is 2. The lowest BCUT2D eigenvalue weighted by molar-refractivity contribution is -0.131. The second-order valence-corrected chi connectivity index (χ2v) is 29.8. The van der Waals surface area contributed by atoms with Gasteiger partial charge in [0, 0.05) is 0 Å². The van der Waals surface area contributed by atoms with Gasteiger partial charge in [-0.1, -0.05) is 395 Å². The topological polar surface area (TPSA) is 81.9 Å². The van der Waals surface area contributed by atoms with Gasteiger partial charge in [-0.3, -0.25) is 14.5 Å². The molecule has 0 aromatic rings. The second kappa shape index (κ2) is 76.2. The van der Waals surface area contributed by atoms with Crippen LogP contribution in [0.2, 0.25) is 0 Å². The van der Waals surface area contributed by atoms with Crippen molar-refractivity contribution in [2.45, 2.75) is 477 Å². The van der Waals surface area contributed by atoms with Gasteiger partial charge in [-0.15, -0.1) is 0 Å². The van der Waals surface area contributed by atoms with E-state index in [-0.39, 0.29) is 17.9 Å². The Balaban J connectivity index is 6.24. The molecular formula is C84H171N5O2. The van der Waals surface area contributed by atoms with E-state index in [1.165, 1.54) is 399 Å². The molecule has 0 aliphatic carbocycles. The average molecular weight is 1280 g/mol. The SMILES string of the molecule is CCCCCCCCCCCCN(CCCCCCCCCCCC)CCCCC(NC(=O)C(CCCCN(CCCCCCCCCCCC)CCCCCCCCCCCC)N(CCCCCCCCCCCC)CCCCCCCCCCCC)C(N)=O. The molecule has 3 N–H and O–H groups in total. The predicted octanol–water partition coefficient (Wildman–Crippen LogP) is 26.1. The summed E-state index contributed by atoms with van der Waals surface area (Å²) in [6, 6.07) is -0.824. The summed E-state index contributed by atoms with van der Waals surface area (Å²) in [6.07, 6.45) is 87.3. The molecule has 0 aromatic carbocycles. The minimum absolute atomic E-state index is 0.0686. The van der Waals surface area contributed by atoms with Crippen molar-refractivity contribution in [1.29, 1.82) is 0 Å². The van der Waals surface area contributed by atoms with Crippen molar-refractivity contribution in [3.8, 4) is 0 Å². The van der Waals surface area contributed by atoms with Crippen molar-refractivity contribution in [3.05, 3.63) is 0 Å². The molecule has 2 amide bonds. The number of nitrogens with two attached hydrogens (primary N) is 1. The van der Waals surface area contributed by atoms with Crippen molar-refractivity contribution >= 4 is 11.8 Å². The van der Waals surface area contributed by atoms with Crippen LogP contribution in [-0.4, -0.2) is 91.0 Å². The highest BCUT2D eigenvalue weighted by molar-refractivity contribution is 5.89. The number of nitrogens with one attached hydrogen (secondary N) is 1. The molecule has 0 bridgehead atoms. The van der Waals surface area contributed by atoms with Gasteiger partial charge in [0.25, 0.3) is 0 Å². The molecule has 0 fully saturated rings. The van der Waals surface area contributed by atoms with Crippen LogP contribution in [0.25, 0.3) is 0 Å². The Labute approximate surface area is 574 Å². The summed E-state index contributed by atoms with van der Waals surface area (Å²) in [5, 5.41) is 3.40. The third-order valence-corrected chi connectivity index (χ3v) is 20.7. The number of hydrogen-bond acceptors (Lipinski definition) is 5. The highest BCUT2D eigenvalue weighted by atomic mass is 16.2. The molecule has 7 nitrogen and oxygen atoms in total. The fourth-order valence-corrected chi connectivity index (χ4v) is 14.4. The highest BCUT2D eigenvalue weighted by Crippen LogP contribution is 2.21. The molecule has 0 rings (SSSR count). The summed E-state index contributed by atoms with van der Waals surface area (Å²) in [4.78, 5) is 36.8. The Morgan fingerprint density at radius 3 is 0.626 bits per heavy atom. The first-order valence-corrected chi connectivity index (χ1v) is 42.7. The smallest absolute Gasteiger partial charge is 0.240 e. The molecule has 0 saturated heterocycles. The predicted molar refractivity (Wildman–Crippen MR) is 408 cm³/mol. The van der Waals surface area contributed by atoms with Gasteiger partial charge < -0.3 is 20.9 Å². The first-order valence-electron chi connectivity index (χ1n) is 42.7. The van der Waals surface area contributed by atoms with E-state index in [1.54, 1.807) is 0 Å². The minimum Gasteiger partial charge on any atom is -0.368 e. The van der Waals surface area contributed by atoms with Gasteiger partial charge in [0.15, 0.2) is 0 Å². The molecule has 2 unspecified atom stereocenters. The van der Waals surface area contributed by atoms with Crippen molar-refractivity contribution in [2.75, 3.05) is 52.4 Å². The molecule has 0 radical (unpaired) electrons. The maximum atomic E-state index is 15.1. The highest BCUT2D eigenvalue weighted by Gasteiger charge is 2.29. The zero-order chi connectivity index (χ0) is 66.1. The van der Waals surface area contributed by atoms with Crippen LogP contribution in [0, 0.1) is 0 Å².